The number of nitrogens with one attached hydrogen (secondary N) is 1. The first-order chi connectivity index (χ1) is 8.86. The number of nitrogens with zero attached hydrogens (tertiary/aromatic N) is 3. The molecular formula is C13H18N4O2. The molecule has 0 saturated heterocycles. The number of hydrogen-bond acceptors (Lipinski definition) is 4. The molecule has 102 valence electrons. The highest BCUT2D eigenvalue weighted by Gasteiger charge is 2.19. The Hall–Kier alpha value is -2.11. The van der Waals surface area contributed by atoms with E-state index in [9.17, 15) is 4.79 Å². The molecular weight excluding hydrogens is 244 g/mol. The van der Waals surface area contributed by atoms with Crippen molar-refractivity contribution in [1.82, 2.24) is 14.7 Å². The van der Waals surface area contributed by atoms with Gasteiger partial charge in [-0.05, 0) is 6.92 Å². The van der Waals surface area contributed by atoms with Crippen molar-refractivity contribution < 1.29 is 9.32 Å². The monoisotopic (exact) mass is 262 g/mol. The van der Waals surface area contributed by atoms with E-state index in [0.717, 1.165) is 11.5 Å². The first-order valence-corrected chi connectivity index (χ1v) is 6.11. The predicted molar refractivity (Wildman–Crippen MR) is 70.8 cm³/mol. The van der Waals surface area contributed by atoms with Crippen LogP contribution >= 0.6 is 0 Å². The van der Waals surface area contributed by atoms with Crippen molar-refractivity contribution in [3.63, 3.8) is 0 Å². The third kappa shape index (κ3) is 3.21. The van der Waals surface area contributed by atoms with E-state index in [1.807, 2.05) is 27.7 Å². The number of amides is 1. The average Bonchev–Trinajstić information content (AvgIpc) is 2.88. The van der Waals surface area contributed by atoms with Crippen molar-refractivity contribution in [1.29, 1.82) is 0 Å². The quantitative estimate of drug-likeness (QED) is 0.919. The van der Waals surface area contributed by atoms with Crippen molar-refractivity contribution in [2.45, 2.75) is 39.7 Å². The Labute approximate surface area is 111 Å². The Balaban J connectivity index is 2.00. The Kier molecular flexibility index (Phi) is 3.42. The van der Waals surface area contributed by atoms with Gasteiger partial charge in [-0.25, -0.2) is 4.98 Å². The highest BCUT2D eigenvalue weighted by atomic mass is 16.5. The zero-order chi connectivity index (χ0) is 14.0. The molecule has 6 heteroatoms. The van der Waals surface area contributed by atoms with Gasteiger partial charge in [-0.1, -0.05) is 25.9 Å². The number of hydrogen-bond donors (Lipinski definition) is 1. The van der Waals surface area contributed by atoms with Gasteiger partial charge in [-0.2, -0.15) is 0 Å². The summed E-state index contributed by atoms with van der Waals surface area (Å²) in [6, 6.07) is 1.75. The maximum absolute atomic E-state index is 11.8. The number of anilines is 1. The normalized spacial score (nSPS) is 11.6. The summed E-state index contributed by atoms with van der Waals surface area (Å²) >= 11 is 0. The molecule has 2 rings (SSSR count). The fourth-order valence-electron chi connectivity index (χ4n) is 1.59. The SMILES string of the molecule is Cc1nccn1CC(=O)Nc1cc(C(C)(C)C)no1. The lowest BCUT2D eigenvalue weighted by molar-refractivity contribution is -0.116. The molecule has 1 amide bonds. The van der Waals surface area contributed by atoms with E-state index in [1.165, 1.54) is 0 Å². The number of carbonyl (C=O) groups excluding carboxylic acids is 1. The summed E-state index contributed by atoms with van der Waals surface area (Å²) in [6.45, 7) is 8.15. The minimum Gasteiger partial charge on any atom is -0.338 e. The molecule has 0 atom stereocenters. The molecule has 1 N–H and O–H groups in total. The lowest BCUT2D eigenvalue weighted by Crippen LogP contribution is -2.18. The second-order valence-electron chi connectivity index (χ2n) is 5.48. The first kappa shape index (κ1) is 13.3. The van der Waals surface area contributed by atoms with Crippen LogP contribution in [0, 0.1) is 6.92 Å². The molecule has 0 spiro atoms. The maximum Gasteiger partial charge on any atom is 0.246 e. The maximum atomic E-state index is 11.8. The lowest BCUT2D eigenvalue weighted by atomic mass is 9.92. The molecule has 0 aliphatic rings. The minimum atomic E-state index is -0.169. The average molecular weight is 262 g/mol. The Morgan fingerprint density at radius 3 is 2.74 bits per heavy atom. The molecule has 2 aromatic rings. The largest absolute Gasteiger partial charge is 0.338 e. The van der Waals surface area contributed by atoms with E-state index in [1.54, 1.807) is 23.0 Å². The summed E-state index contributed by atoms with van der Waals surface area (Å²) in [4.78, 5) is 15.9. The van der Waals surface area contributed by atoms with Gasteiger partial charge in [0.05, 0.1) is 5.69 Å². The lowest BCUT2D eigenvalue weighted by Gasteiger charge is -2.12. The van der Waals surface area contributed by atoms with Gasteiger partial charge in [0.15, 0.2) is 0 Å². The summed E-state index contributed by atoms with van der Waals surface area (Å²) in [5.74, 6) is 0.994. The van der Waals surface area contributed by atoms with Gasteiger partial charge >= 0.3 is 0 Å². The molecule has 0 aliphatic heterocycles. The highest BCUT2D eigenvalue weighted by molar-refractivity contribution is 5.89. The Bertz CT molecular complexity index is 577. The van der Waals surface area contributed by atoms with Gasteiger partial charge in [0.25, 0.3) is 0 Å². The van der Waals surface area contributed by atoms with Gasteiger partial charge in [0.2, 0.25) is 11.8 Å². The van der Waals surface area contributed by atoms with Crippen LogP contribution in [-0.4, -0.2) is 20.6 Å². The van der Waals surface area contributed by atoms with Crippen LogP contribution in [0.4, 0.5) is 5.88 Å². The summed E-state index contributed by atoms with van der Waals surface area (Å²) in [5.41, 5.74) is 0.703. The van der Waals surface area contributed by atoms with Crippen LogP contribution in [0.3, 0.4) is 0 Å². The predicted octanol–water partition coefficient (Wildman–Crippen LogP) is 2.12. The molecule has 0 bridgehead atoms. The molecule has 0 fully saturated rings. The van der Waals surface area contributed by atoms with E-state index in [4.69, 9.17) is 4.52 Å². The molecule has 0 radical (unpaired) electrons. The first-order valence-electron chi connectivity index (χ1n) is 6.11. The van der Waals surface area contributed by atoms with E-state index >= 15 is 0 Å². The summed E-state index contributed by atoms with van der Waals surface area (Å²) in [6.07, 6.45) is 3.42. The van der Waals surface area contributed by atoms with Crippen molar-refractivity contribution in [3.8, 4) is 0 Å². The second kappa shape index (κ2) is 4.87. The molecule has 19 heavy (non-hydrogen) atoms. The van der Waals surface area contributed by atoms with Crippen LogP contribution in [0.25, 0.3) is 0 Å². The molecule has 2 heterocycles. The van der Waals surface area contributed by atoms with Crippen molar-refractivity contribution in [2.75, 3.05) is 5.32 Å². The number of aryl methyl sites for hydroxylation is 1. The van der Waals surface area contributed by atoms with Gasteiger partial charge in [-0.3, -0.25) is 10.1 Å². The van der Waals surface area contributed by atoms with Gasteiger partial charge in [0.1, 0.15) is 12.4 Å². The van der Waals surface area contributed by atoms with Gasteiger partial charge < -0.3 is 9.09 Å². The van der Waals surface area contributed by atoms with E-state index in [2.05, 4.69) is 15.5 Å². The van der Waals surface area contributed by atoms with Gasteiger partial charge in [0, 0.05) is 23.9 Å². The van der Waals surface area contributed by atoms with E-state index < -0.39 is 0 Å². The van der Waals surface area contributed by atoms with Crippen molar-refractivity contribution in [2.24, 2.45) is 0 Å². The van der Waals surface area contributed by atoms with Crippen molar-refractivity contribution in [3.05, 3.63) is 30.0 Å². The zero-order valence-corrected chi connectivity index (χ0v) is 11.6. The van der Waals surface area contributed by atoms with Crippen LogP contribution in [-0.2, 0) is 16.8 Å². The minimum absolute atomic E-state index is 0.104. The Morgan fingerprint density at radius 1 is 1.47 bits per heavy atom. The molecule has 0 unspecified atom stereocenters. The number of rotatable bonds is 3. The van der Waals surface area contributed by atoms with Crippen LogP contribution < -0.4 is 5.32 Å². The number of imidazole rings is 1. The van der Waals surface area contributed by atoms with Crippen LogP contribution in [0.2, 0.25) is 0 Å². The van der Waals surface area contributed by atoms with Gasteiger partial charge in [-0.15, -0.1) is 0 Å². The number of carbonyl (C=O) groups is 1. The highest BCUT2D eigenvalue weighted by Crippen LogP contribution is 2.23. The van der Waals surface area contributed by atoms with Crippen LogP contribution in [0.15, 0.2) is 23.0 Å². The van der Waals surface area contributed by atoms with E-state index in [-0.39, 0.29) is 17.9 Å². The molecule has 2 aromatic heterocycles. The smallest absolute Gasteiger partial charge is 0.246 e. The molecule has 0 saturated carbocycles. The van der Waals surface area contributed by atoms with Crippen LogP contribution in [0.5, 0.6) is 0 Å². The number of aromatic nitrogens is 3. The standard InChI is InChI=1S/C13H18N4O2/c1-9-14-5-6-17(9)8-11(18)15-12-7-10(16-19-12)13(2,3)4/h5-7H,8H2,1-4H3,(H,15,18). The van der Waals surface area contributed by atoms with Crippen LogP contribution in [0.1, 0.15) is 32.3 Å². The van der Waals surface area contributed by atoms with E-state index in [0.29, 0.717) is 5.88 Å². The second-order valence-corrected chi connectivity index (χ2v) is 5.48. The fraction of sp³-hybridized carbons (Fsp3) is 0.462. The third-order valence-corrected chi connectivity index (χ3v) is 2.78. The molecule has 6 nitrogen and oxygen atoms in total. The zero-order valence-electron chi connectivity index (χ0n) is 11.6. The third-order valence-electron chi connectivity index (χ3n) is 2.78. The molecule has 0 aliphatic carbocycles. The fourth-order valence-corrected chi connectivity index (χ4v) is 1.59. The topological polar surface area (TPSA) is 73.0 Å². The Morgan fingerprint density at radius 2 is 2.21 bits per heavy atom. The summed E-state index contributed by atoms with van der Waals surface area (Å²) < 4.78 is 6.86. The van der Waals surface area contributed by atoms with Crippen molar-refractivity contribution >= 4 is 11.8 Å². The molecule has 0 aromatic carbocycles. The summed E-state index contributed by atoms with van der Waals surface area (Å²) in [5, 5.41) is 6.63. The summed E-state index contributed by atoms with van der Waals surface area (Å²) in [7, 11) is 0.